The largest absolute Gasteiger partial charge is 0.481 e. The van der Waals surface area contributed by atoms with E-state index in [1.807, 2.05) is 0 Å². The Morgan fingerprint density at radius 2 is 1.93 bits per heavy atom. The van der Waals surface area contributed by atoms with Crippen LogP contribution in [-0.4, -0.2) is 29.2 Å². The van der Waals surface area contributed by atoms with Gasteiger partial charge >= 0.3 is 12.1 Å². The highest BCUT2D eigenvalue weighted by atomic mass is 16.5. The van der Waals surface area contributed by atoms with Crippen molar-refractivity contribution >= 4 is 12.1 Å². The molecule has 0 aromatic rings. The van der Waals surface area contributed by atoms with Gasteiger partial charge in [0, 0.05) is 18.3 Å². The third kappa shape index (κ3) is 2.59. The zero-order chi connectivity index (χ0) is 11.4. The smallest absolute Gasteiger partial charge is 0.417 e. The van der Waals surface area contributed by atoms with Gasteiger partial charge in [-0.25, -0.2) is 4.79 Å². The number of hydrogen-bond acceptors (Lipinski definition) is 3. The second-order valence-corrected chi connectivity index (χ2v) is 3.26. The number of allylic oxidation sites excluding steroid dienone is 2. The Balaban J connectivity index is 2.64. The summed E-state index contributed by atoms with van der Waals surface area (Å²) in [7, 11) is 1.29. The number of carboxylic acids is 1. The summed E-state index contributed by atoms with van der Waals surface area (Å²) in [6.45, 7) is 1.62. The standard InChI is InChI=1S/C10H13NO4/c1-7(9(12)13)8-3-5-11(6-4-8)10(14)15-2/h3-8H,1-2H3,(H,12,13). The third-order valence-electron chi connectivity index (χ3n) is 2.29. The summed E-state index contributed by atoms with van der Waals surface area (Å²) in [6, 6.07) is 0. The van der Waals surface area contributed by atoms with Crippen LogP contribution in [0.4, 0.5) is 4.79 Å². The lowest BCUT2D eigenvalue weighted by Gasteiger charge is -2.20. The van der Waals surface area contributed by atoms with E-state index >= 15 is 0 Å². The van der Waals surface area contributed by atoms with E-state index in [1.165, 1.54) is 24.4 Å². The Bertz CT molecular complexity index is 307. The fourth-order valence-corrected chi connectivity index (χ4v) is 1.22. The van der Waals surface area contributed by atoms with Crippen LogP contribution in [0.25, 0.3) is 0 Å². The molecule has 0 saturated heterocycles. The zero-order valence-corrected chi connectivity index (χ0v) is 8.58. The van der Waals surface area contributed by atoms with Gasteiger partial charge in [0.1, 0.15) is 0 Å². The maximum Gasteiger partial charge on any atom is 0.417 e. The number of carbonyl (C=O) groups is 2. The Morgan fingerprint density at radius 1 is 1.40 bits per heavy atom. The van der Waals surface area contributed by atoms with Crippen molar-refractivity contribution in [3.05, 3.63) is 24.6 Å². The molecular weight excluding hydrogens is 198 g/mol. The van der Waals surface area contributed by atoms with Gasteiger partial charge in [-0.05, 0) is 0 Å². The van der Waals surface area contributed by atoms with Gasteiger partial charge in [0.2, 0.25) is 0 Å². The summed E-state index contributed by atoms with van der Waals surface area (Å²) in [5.74, 6) is -1.55. The fraction of sp³-hybridized carbons (Fsp3) is 0.400. The first kappa shape index (κ1) is 11.3. The molecule has 1 amide bonds. The van der Waals surface area contributed by atoms with Gasteiger partial charge in [-0.15, -0.1) is 0 Å². The number of amides is 1. The van der Waals surface area contributed by atoms with Gasteiger partial charge in [-0.1, -0.05) is 19.1 Å². The molecule has 0 fully saturated rings. The van der Waals surface area contributed by atoms with Crippen molar-refractivity contribution in [1.82, 2.24) is 4.90 Å². The highest BCUT2D eigenvalue weighted by molar-refractivity contribution is 5.72. The van der Waals surface area contributed by atoms with Gasteiger partial charge < -0.3 is 9.84 Å². The van der Waals surface area contributed by atoms with Crippen LogP contribution in [0.5, 0.6) is 0 Å². The van der Waals surface area contributed by atoms with Crippen LogP contribution in [0.15, 0.2) is 24.6 Å². The molecule has 0 aromatic carbocycles. The number of carbonyl (C=O) groups excluding carboxylic acids is 1. The summed E-state index contributed by atoms with van der Waals surface area (Å²) in [6.07, 6.45) is 5.85. The zero-order valence-electron chi connectivity index (χ0n) is 8.58. The molecule has 0 spiro atoms. The average Bonchev–Trinajstić information content (AvgIpc) is 2.27. The summed E-state index contributed by atoms with van der Waals surface area (Å²) in [4.78, 5) is 23.0. The van der Waals surface area contributed by atoms with E-state index in [4.69, 9.17) is 5.11 Å². The SMILES string of the molecule is COC(=O)N1C=CC(C(C)C(=O)O)C=C1. The predicted molar refractivity (Wildman–Crippen MR) is 52.8 cm³/mol. The molecule has 1 atom stereocenters. The highest BCUT2D eigenvalue weighted by Crippen LogP contribution is 2.19. The van der Waals surface area contributed by atoms with Crippen molar-refractivity contribution in [1.29, 1.82) is 0 Å². The van der Waals surface area contributed by atoms with E-state index in [9.17, 15) is 9.59 Å². The first-order valence-electron chi connectivity index (χ1n) is 4.52. The van der Waals surface area contributed by atoms with Crippen LogP contribution in [-0.2, 0) is 9.53 Å². The summed E-state index contributed by atoms with van der Waals surface area (Å²) in [5, 5.41) is 8.78. The number of hydrogen-bond donors (Lipinski definition) is 1. The van der Waals surface area contributed by atoms with E-state index in [-0.39, 0.29) is 5.92 Å². The molecule has 1 N–H and O–H groups in total. The monoisotopic (exact) mass is 211 g/mol. The number of carboxylic acid groups (broad SMARTS) is 1. The number of methoxy groups -OCH3 is 1. The Hall–Kier alpha value is -1.78. The first-order valence-corrected chi connectivity index (χ1v) is 4.52. The van der Waals surface area contributed by atoms with E-state index in [1.54, 1.807) is 19.1 Å². The number of nitrogens with zero attached hydrogens (tertiary/aromatic N) is 1. The average molecular weight is 211 g/mol. The molecule has 15 heavy (non-hydrogen) atoms. The molecule has 0 bridgehead atoms. The van der Waals surface area contributed by atoms with Crippen molar-refractivity contribution < 1.29 is 19.4 Å². The van der Waals surface area contributed by atoms with Crippen molar-refractivity contribution in [2.45, 2.75) is 6.92 Å². The van der Waals surface area contributed by atoms with E-state index in [2.05, 4.69) is 4.74 Å². The number of aliphatic carboxylic acids is 1. The van der Waals surface area contributed by atoms with Gasteiger partial charge in [0.15, 0.2) is 0 Å². The molecule has 82 valence electrons. The van der Waals surface area contributed by atoms with Gasteiger partial charge in [-0.3, -0.25) is 9.69 Å². The molecule has 1 rings (SSSR count). The van der Waals surface area contributed by atoms with Crippen molar-refractivity contribution in [3.8, 4) is 0 Å². The molecule has 0 aliphatic carbocycles. The van der Waals surface area contributed by atoms with E-state index in [0.717, 1.165) is 0 Å². The molecule has 0 aromatic heterocycles. The minimum atomic E-state index is -0.860. The van der Waals surface area contributed by atoms with Crippen LogP contribution in [0.3, 0.4) is 0 Å². The third-order valence-corrected chi connectivity index (χ3v) is 2.29. The van der Waals surface area contributed by atoms with Crippen LogP contribution >= 0.6 is 0 Å². The Kier molecular flexibility index (Phi) is 3.49. The molecule has 1 unspecified atom stereocenters. The molecular formula is C10H13NO4. The number of ether oxygens (including phenoxy) is 1. The minimum Gasteiger partial charge on any atom is -0.481 e. The summed E-state index contributed by atoms with van der Waals surface area (Å²) >= 11 is 0. The predicted octanol–water partition coefficient (Wildman–Crippen LogP) is 1.43. The van der Waals surface area contributed by atoms with E-state index in [0.29, 0.717) is 0 Å². The first-order chi connectivity index (χ1) is 7.06. The molecule has 1 heterocycles. The molecule has 5 heteroatoms. The maximum absolute atomic E-state index is 11.1. The topological polar surface area (TPSA) is 66.8 Å². The van der Waals surface area contributed by atoms with Crippen LogP contribution in [0.2, 0.25) is 0 Å². The fourth-order valence-electron chi connectivity index (χ4n) is 1.22. The number of rotatable bonds is 2. The van der Waals surface area contributed by atoms with Crippen LogP contribution in [0.1, 0.15) is 6.92 Å². The maximum atomic E-state index is 11.1. The second-order valence-electron chi connectivity index (χ2n) is 3.26. The quantitative estimate of drug-likeness (QED) is 0.750. The van der Waals surface area contributed by atoms with Crippen molar-refractivity contribution in [2.75, 3.05) is 7.11 Å². The van der Waals surface area contributed by atoms with Crippen molar-refractivity contribution in [2.24, 2.45) is 11.8 Å². The van der Waals surface area contributed by atoms with Crippen LogP contribution in [0, 0.1) is 11.8 Å². The second kappa shape index (κ2) is 4.63. The Labute approximate surface area is 87.6 Å². The summed E-state index contributed by atoms with van der Waals surface area (Å²) in [5.41, 5.74) is 0. The molecule has 0 radical (unpaired) electrons. The summed E-state index contributed by atoms with van der Waals surface area (Å²) < 4.78 is 4.50. The van der Waals surface area contributed by atoms with Gasteiger partial charge in [-0.2, -0.15) is 0 Å². The highest BCUT2D eigenvalue weighted by Gasteiger charge is 2.22. The molecule has 5 nitrogen and oxygen atoms in total. The lowest BCUT2D eigenvalue weighted by atomic mass is 9.93. The van der Waals surface area contributed by atoms with Crippen molar-refractivity contribution in [3.63, 3.8) is 0 Å². The minimum absolute atomic E-state index is 0.191. The lowest BCUT2D eigenvalue weighted by Crippen LogP contribution is -2.25. The van der Waals surface area contributed by atoms with Gasteiger partial charge in [0.05, 0.1) is 13.0 Å². The van der Waals surface area contributed by atoms with Crippen LogP contribution < -0.4 is 0 Å². The van der Waals surface area contributed by atoms with Gasteiger partial charge in [0.25, 0.3) is 0 Å². The molecule has 1 aliphatic heterocycles. The normalized spacial score (nSPS) is 17.6. The molecule has 0 saturated carbocycles. The Morgan fingerprint density at radius 3 is 2.33 bits per heavy atom. The molecule has 1 aliphatic rings. The lowest BCUT2D eigenvalue weighted by molar-refractivity contribution is -0.141. The van der Waals surface area contributed by atoms with E-state index < -0.39 is 18.0 Å².